The second-order valence-electron chi connectivity index (χ2n) is 6.53. The molecule has 1 heterocycles. The van der Waals surface area contributed by atoms with Crippen molar-refractivity contribution < 1.29 is 4.74 Å². The van der Waals surface area contributed by atoms with Gasteiger partial charge in [-0.2, -0.15) is 0 Å². The second kappa shape index (κ2) is 9.52. The molecule has 1 saturated heterocycles. The quantitative estimate of drug-likeness (QED) is 0.642. The molecule has 24 heavy (non-hydrogen) atoms. The molecule has 0 radical (unpaired) electrons. The van der Waals surface area contributed by atoms with E-state index in [1.165, 1.54) is 31.5 Å². The number of nitrogens with one attached hydrogen (secondary N) is 1. The minimum atomic E-state index is 0.713. The molecule has 0 aliphatic carbocycles. The van der Waals surface area contributed by atoms with Gasteiger partial charge in [0.2, 0.25) is 0 Å². The van der Waals surface area contributed by atoms with E-state index in [1.54, 1.807) is 7.11 Å². The molecule has 1 aliphatic rings. The highest BCUT2D eigenvalue weighted by molar-refractivity contribution is 5.79. The molecule has 134 valence electrons. The van der Waals surface area contributed by atoms with E-state index >= 15 is 0 Å². The van der Waals surface area contributed by atoms with Gasteiger partial charge in [0.15, 0.2) is 5.96 Å². The summed E-state index contributed by atoms with van der Waals surface area (Å²) in [5.41, 5.74) is 1.25. The molecule has 5 heteroatoms. The van der Waals surface area contributed by atoms with Crippen molar-refractivity contribution in [3.8, 4) is 5.75 Å². The summed E-state index contributed by atoms with van der Waals surface area (Å²) in [4.78, 5) is 9.14. The molecule has 0 saturated carbocycles. The molecular formula is C19H32N4O. The SMILES string of the molecule is CCN1CCCC(CNC(=NC)N(C)Cc2ccc(OC)cc2)C1. The number of nitrogens with zero attached hydrogens (tertiary/aromatic N) is 3. The summed E-state index contributed by atoms with van der Waals surface area (Å²) in [6, 6.07) is 8.20. The number of ether oxygens (including phenoxy) is 1. The Morgan fingerprint density at radius 1 is 1.38 bits per heavy atom. The van der Waals surface area contributed by atoms with Gasteiger partial charge in [0.25, 0.3) is 0 Å². The van der Waals surface area contributed by atoms with Crippen LogP contribution in [0.5, 0.6) is 5.75 Å². The first-order valence-electron chi connectivity index (χ1n) is 8.93. The van der Waals surface area contributed by atoms with E-state index in [9.17, 15) is 0 Å². The zero-order valence-corrected chi connectivity index (χ0v) is 15.6. The van der Waals surface area contributed by atoms with Crippen molar-refractivity contribution in [1.82, 2.24) is 15.1 Å². The summed E-state index contributed by atoms with van der Waals surface area (Å²) in [5, 5.41) is 3.55. The van der Waals surface area contributed by atoms with Gasteiger partial charge >= 0.3 is 0 Å². The van der Waals surface area contributed by atoms with Crippen LogP contribution in [0.2, 0.25) is 0 Å². The monoisotopic (exact) mass is 332 g/mol. The van der Waals surface area contributed by atoms with Gasteiger partial charge in [-0.05, 0) is 49.5 Å². The summed E-state index contributed by atoms with van der Waals surface area (Å²) >= 11 is 0. The zero-order chi connectivity index (χ0) is 17.4. The lowest BCUT2D eigenvalue weighted by molar-refractivity contribution is 0.183. The molecule has 1 fully saturated rings. The van der Waals surface area contributed by atoms with E-state index in [1.807, 2.05) is 19.2 Å². The summed E-state index contributed by atoms with van der Waals surface area (Å²) < 4.78 is 5.21. The van der Waals surface area contributed by atoms with Gasteiger partial charge in [-0.25, -0.2) is 0 Å². The van der Waals surface area contributed by atoms with Gasteiger partial charge in [-0.1, -0.05) is 19.1 Å². The van der Waals surface area contributed by atoms with Crippen LogP contribution in [0.15, 0.2) is 29.3 Å². The number of aliphatic imine (C=N–C) groups is 1. The Morgan fingerprint density at radius 2 is 2.12 bits per heavy atom. The normalized spacial score (nSPS) is 19.2. The van der Waals surface area contributed by atoms with Gasteiger partial charge in [-0.15, -0.1) is 0 Å². The van der Waals surface area contributed by atoms with Gasteiger partial charge in [0.1, 0.15) is 5.75 Å². The fourth-order valence-corrected chi connectivity index (χ4v) is 3.31. The van der Waals surface area contributed by atoms with Crippen LogP contribution in [0.3, 0.4) is 0 Å². The molecule has 0 bridgehead atoms. The van der Waals surface area contributed by atoms with E-state index in [0.717, 1.165) is 31.3 Å². The maximum absolute atomic E-state index is 5.21. The standard InChI is InChI=1S/C19H32N4O/c1-5-23-12-6-7-17(15-23)13-21-19(20-2)22(3)14-16-8-10-18(24-4)11-9-16/h8-11,17H,5-7,12-15H2,1-4H3,(H,20,21). The van der Waals surface area contributed by atoms with Crippen molar-refractivity contribution in [3.63, 3.8) is 0 Å². The Balaban J connectivity index is 1.83. The van der Waals surface area contributed by atoms with Crippen LogP contribution >= 0.6 is 0 Å². The highest BCUT2D eigenvalue weighted by Gasteiger charge is 2.19. The van der Waals surface area contributed by atoms with Crippen LogP contribution in [-0.4, -0.2) is 63.1 Å². The van der Waals surface area contributed by atoms with Crippen LogP contribution in [-0.2, 0) is 6.54 Å². The van der Waals surface area contributed by atoms with E-state index in [2.05, 4.69) is 46.2 Å². The highest BCUT2D eigenvalue weighted by Crippen LogP contribution is 2.16. The predicted molar refractivity (Wildman–Crippen MR) is 101 cm³/mol. The Hall–Kier alpha value is -1.75. The maximum atomic E-state index is 5.21. The largest absolute Gasteiger partial charge is 0.497 e. The van der Waals surface area contributed by atoms with Crippen molar-refractivity contribution in [2.24, 2.45) is 10.9 Å². The predicted octanol–water partition coefficient (Wildman–Crippen LogP) is 2.43. The van der Waals surface area contributed by atoms with Crippen molar-refractivity contribution in [2.45, 2.75) is 26.3 Å². The molecule has 1 unspecified atom stereocenters. The molecule has 1 aromatic rings. The first kappa shape index (κ1) is 18.6. The van der Waals surface area contributed by atoms with Crippen LogP contribution in [0, 0.1) is 5.92 Å². The number of methoxy groups -OCH3 is 1. The third-order valence-corrected chi connectivity index (χ3v) is 4.75. The van der Waals surface area contributed by atoms with Crippen LogP contribution in [0.4, 0.5) is 0 Å². The number of guanidine groups is 1. The minimum Gasteiger partial charge on any atom is -0.497 e. The minimum absolute atomic E-state index is 0.713. The van der Waals surface area contributed by atoms with Gasteiger partial charge < -0.3 is 19.9 Å². The molecular weight excluding hydrogens is 300 g/mol. The molecule has 1 N–H and O–H groups in total. The van der Waals surface area contributed by atoms with Crippen LogP contribution < -0.4 is 10.1 Å². The summed E-state index contributed by atoms with van der Waals surface area (Å²) in [6.45, 7) is 7.67. The molecule has 5 nitrogen and oxygen atoms in total. The summed E-state index contributed by atoms with van der Waals surface area (Å²) in [7, 11) is 5.63. The van der Waals surface area contributed by atoms with Crippen molar-refractivity contribution in [1.29, 1.82) is 0 Å². The van der Waals surface area contributed by atoms with Gasteiger partial charge in [0, 0.05) is 33.7 Å². The fraction of sp³-hybridized carbons (Fsp3) is 0.632. The first-order valence-corrected chi connectivity index (χ1v) is 8.93. The number of likely N-dealkylation sites (tertiary alicyclic amines) is 1. The average Bonchev–Trinajstić information content (AvgIpc) is 2.63. The molecule has 1 aromatic carbocycles. The number of hydrogen-bond donors (Lipinski definition) is 1. The van der Waals surface area contributed by atoms with E-state index in [0.29, 0.717) is 5.92 Å². The number of hydrogen-bond acceptors (Lipinski definition) is 3. The number of rotatable bonds is 6. The third kappa shape index (κ3) is 5.41. The van der Waals surface area contributed by atoms with Crippen molar-refractivity contribution >= 4 is 5.96 Å². The fourth-order valence-electron chi connectivity index (χ4n) is 3.31. The molecule has 1 atom stereocenters. The third-order valence-electron chi connectivity index (χ3n) is 4.75. The number of benzene rings is 1. The molecule has 0 spiro atoms. The molecule has 0 aromatic heterocycles. The van der Waals surface area contributed by atoms with E-state index in [-0.39, 0.29) is 0 Å². The summed E-state index contributed by atoms with van der Waals surface area (Å²) in [5.74, 6) is 2.56. The maximum Gasteiger partial charge on any atom is 0.193 e. The van der Waals surface area contributed by atoms with Crippen LogP contribution in [0.1, 0.15) is 25.3 Å². The smallest absolute Gasteiger partial charge is 0.193 e. The molecule has 0 amide bonds. The van der Waals surface area contributed by atoms with Crippen LogP contribution in [0.25, 0.3) is 0 Å². The number of piperidine rings is 1. The Morgan fingerprint density at radius 3 is 2.75 bits per heavy atom. The Kier molecular flexibility index (Phi) is 7.37. The van der Waals surface area contributed by atoms with Crippen molar-refractivity contribution in [2.75, 3.05) is 47.4 Å². The zero-order valence-electron chi connectivity index (χ0n) is 15.6. The topological polar surface area (TPSA) is 40.1 Å². The van der Waals surface area contributed by atoms with Gasteiger partial charge in [0.05, 0.1) is 7.11 Å². The highest BCUT2D eigenvalue weighted by atomic mass is 16.5. The Bertz CT molecular complexity index is 515. The van der Waals surface area contributed by atoms with Gasteiger partial charge in [-0.3, -0.25) is 4.99 Å². The first-order chi connectivity index (χ1) is 11.7. The Labute approximate surface area is 146 Å². The molecule has 2 rings (SSSR count). The van der Waals surface area contributed by atoms with E-state index < -0.39 is 0 Å². The lowest BCUT2D eigenvalue weighted by Crippen LogP contribution is -2.44. The molecule has 1 aliphatic heterocycles. The van der Waals surface area contributed by atoms with Crippen molar-refractivity contribution in [3.05, 3.63) is 29.8 Å². The summed E-state index contributed by atoms with van der Waals surface area (Å²) in [6.07, 6.45) is 2.61. The second-order valence-corrected chi connectivity index (χ2v) is 6.53. The lowest BCUT2D eigenvalue weighted by Gasteiger charge is -2.33. The average molecular weight is 332 g/mol. The van der Waals surface area contributed by atoms with E-state index in [4.69, 9.17) is 4.74 Å². The lowest BCUT2D eigenvalue weighted by atomic mass is 9.98.